The number of pyridine rings is 2. The highest BCUT2D eigenvalue weighted by molar-refractivity contribution is 5.98. The van der Waals surface area contributed by atoms with Gasteiger partial charge < -0.3 is 54.3 Å². The lowest BCUT2D eigenvalue weighted by Gasteiger charge is -2.36. The minimum absolute atomic E-state index is 0.00502. The Morgan fingerprint density at radius 1 is 0.606 bits per heavy atom. The number of rotatable bonds is 10. The molecule has 2 aliphatic heterocycles. The van der Waals surface area contributed by atoms with Gasteiger partial charge >= 0.3 is 6.09 Å². The van der Waals surface area contributed by atoms with Crippen LogP contribution in [0.25, 0.3) is 22.1 Å². The van der Waals surface area contributed by atoms with Crippen LogP contribution >= 0.6 is 0 Å². The SMILES string of the molecule is CN(C)C(=O)c1cc2cnc(Nc3ccc(N4CCN(C(=O)OC(C)(C)C)CC4)cn3)nc2n1C1CCCC1.CN(C)C(=O)c1cc2cnc(Nc3ccc(N4CCNCC4)cn3)nc2n1C1CCCC1. The van der Waals surface area contributed by atoms with Gasteiger partial charge in [0.05, 0.1) is 23.8 Å². The van der Waals surface area contributed by atoms with Crippen LogP contribution in [0.4, 0.5) is 39.7 Å². The van der Waals surface area contributed by atoms with Gasteiger partial charge in [-0.25, -0.2) is 24.7 Å². The van der Waals surface area contributed by atoms with Crippen molar-refractivity contribution in [2.45, 2.75) is 89.8 Å². The second-order valence-corrected chi connectivity index (χ2v) is 20.3. The van der Waals surface area contributed by atoms with E-state index in [9.17, 15) is 14.4 Å². The zero-order valence-corrected chi connectivity index (χ0v) is 42.2. The first kappa shape index (κ1) is 48.9. The second-order valence-electron chi connectivity index (χ2n) is 20.3. The summed E-state index contributed by atoms with van der Waals surface area (Å²) in [6.45, 7) is 12.2. The fourth-order valence-corrected chi connectivity index (χ4v) is 9.91. The van der Waals surface area contributed by atoms with Crippen molar-refractivity contribution in [2.24, 2.45) is 0 Å². The lowest BCUT2D eigenvalue weighted by Crippen LogP contribution is -2.50. The molecule has 2 saturated heterocycles. The van der Waals surface area contributed by atoms with E-state index in [-0.39, 0.29) is 23.9 Å². The van der Waals surface area contributed by atoms with Crippen molar-refractivity contribution in [3.05, 3.63) is 72.6 Å². The Kier molecular flexibility index (Phi) is 14.5. The van der Waals surface area contributed by atoms with Crippen LogP contribution in [0.1, 0.15) is 105 Å². The van der Waals surface area contributed by atoms with Crippen molar-refractivity contribution in [1.82, 2.24) is 59.1 Å². The number of fused-ring (bicyclic) bond motifs is 2. The topological polar surface area (TPSA) is 200 Å². The molecule has 20 heteroatoms. The summed E-state index contributed by atoms with van der Waals surface area (Å²) in [7, 11) is 7.11. The van der Waals surface area contributed by atoms with Crippen LogP contribution in [0.15, 0.2) is 61.2 Å². The smallest absolute Gasteiger partial charge is 0.410 e. The van der Waals surface area contributed by atoms with Crippen LogP contribution < -0.4 is 25.8 Å². The fraction of sp³-hybridized carbons (Fsp3) is 0.510. The number of nitrogens with one attached hydrogen (secondary N) is 3. The quantitative estimate of drug-likeness (QED) is 0.124. The van der Waals surface area contributed by atoms with E-state index in [1.54, 1.807) is 55.3 Å². The first-order valence-electron chi connectivity index (χ1n) is 25.0. The Hall–Kier alpha value is -7.09. The fourth-order valence-electron chi connectivity index (χ4n) is 9.91. The average Bonchev–Trinajstić information content (AvgIpc) is 4.21. The van der Waals surface area contributed by atoms with Gasteiger partial charge in [0.1, 0.15) is 39.9 Å². The molecule has 0 bridgehead atoms. The molecule has 0 spiro atoms. The third-order valence-corrected chi connectivity index (χ3v) is 13.5. The molecule has 0 unspecified atom stereocenters. The van der Waals surface area contributed by atoms with Gasteiger partial charge in [0.2, 0.25) is 11.9 Å². The van der Waals surface area contributed by atoms with E-state index in [1.807, 2.05) is 63.5 Å². The molecule has 3 amide bonds. The summed E-state index contributed by atoms with van der Waals surface area (Å²) < 4.78 is 9.72. The molecule has 6 aromatic rings. The number of amides is 3. The van der Waals surface area contributed by atoms with E-state index in [0.29, 0.717) is 67.1 Å². The molecule has 2 saturated carbocycles. The third-order valence-electron chi connectivity index (χ3n) is 13.5. The Morgan fingerprint density at radius 3 is 1.44 bits per heavy atom. The van der Waals surface area contributed by atoms with E-state index < -0.39 is 5.60 Å². The molecule has 4 aliphatic rings. The highest BCUT2D eigenvalue weighted by Gasteiger charge is 2.29. The molecule has 0 atom stereocenters. The Bertz CT molecular complexity index is 2810. The maximum Gasteiger partial charge on any atom is 0.410 e. The van der Waals surface area contributed by atoms with Gasteiger partial charge in [-0.2, -0.15) is 9.97 Å². The largest absolute Gasteiger partial charge is 0.444 e. The number of nitrogens with zero attached hydrogens (tertiary/aromatic N) is 13. The monoisotopic (exact) mass is 969 g/mol. The van der Waals surface area contributed by atoms with Gasteiger partial charge in [0.25, 0.3) is 11.8 Å². The first-order chi connectivity index (χ1) is 34.2. The van der Waals surface area contributed by atoms with E-state index in [1.165, 1.54) is 12.8 Å². The lowest BCUT2D eigenvalue weighted by molar-refractivity contribution is 0.0240. The number of hydrogen-bond donors (Lipinski definition) is 3. The van der Waals surface area contributed by atoms with Crippen molar-refractivity contribution in [3.63, 3.8) is 0 Å². The number of ether oxygens (including phenoxy) is 1. The number of carbonyl (C=O) groups excluding carboxylic acids is 3. The minimum Gasteiger partial charge on any atom is -0.444 e. The molecule has 2 aliphatic carbocycles. The van der Waals surface area contributed by atoms with Crippen molar-refractivity contribution in [1.29, 1.82) is 0 Å². The summed E-state index contributed by atoms with van der Waals surface area (Å²) in [4.78, 5) is 75.4. The molecule has 0 aromatic carbocycles. The molecular formula is C51H68N16O4. The van der Waals surface area contributed by atoms with Gasteiger partial charge in [0, 0.05) is 116 Å². The van der Waals surface area contributed by atoms with Gasteiger partial charge in [0.15, 0.2) is 0 Å². The van der Waals surface area contributed by atoms with E-state index in [4.69, 9.17) is 14.7 Å². The first-order valence-corrected chi connectivity index (χ1v) is 25.0. The van der Waals surface area contributed by atoms with Crippen molar-refractivity contribution in [2.75, 3.05) is 101 Å². The highest BCUT2D eigenvalue weighted by atomic mass is 16.6. The number of anilines is 6. The maximum absolute atomic E-state index is 12.9. The van der Waals surface area contributed by atoms with Gasteiger partial charge in [-0.15, -0.1) is 0 Å². The van der Waals surface area contributed by atoms with E-state index in [0.717, 1.165) is 98.1 Å². The summed E-state index contributed by atoms with van der Waals surface area (Å²) in [5.41, 5.74) is 4.52. The molecule has 6 aromatic heterocycles. The number of aromatic nitrogens is 8. The predicted molar refractivity (Wildman–Crippen MR) is 276 cm³/mol. The molecule has 0 radical (unpaired) electrons. The van der Waals surface area contributed by atoms with E-state index in [2.05, 4.69) is 60.9 Å². The molecule has 20 nitrogen and oxygen atoms in total. The summed E-state index contributed by atoms with van der Waals surface area (Å²) in [5.74, 6) is 2.23. The molecule has 376 valence electrons. The molecule has 8 heterocycles. The molecule has 3 N–H and O–H groups in total. The van der Waals surface area contributed by atoms with Crippen molar-refractivity contribution in [3.8, 4) is 0 Å². The Morgan fingerprint density at radius 2 is 1.04 bits per heavy atom. The number of hydrogen-bond acceptors (Lipinski definition) is 15. The van der Waals surface area contributed by atoms with Crippen LogP contribution in [-0.4, -0.2) is 158 Å². The van der Waals surface area contributed by atoms with E-state index >= 15 is 0 Å². The predicted octanol–water partition coefficient (Wildman–Crippen LogP) is 7.24. The Labute approximate surface area is 415 Å². The van der Waals surface area contributed by atoms with Gasteiger partial charge in [-0.3, -0.25) is 9.59 Å². The Balaban J connectivity index is 0.000000179. The zero-order chi connectivity index (χ0) is 49.8. The summed E-state index contributed by atoms with van der Waals surface area (Å²) in [5, 5.41) is 11.6. The maximum atomic E-state index is 12.9. The molecule has 10 rings (SSSR count). The van der Waals surface area contributed by atoms with Crippen molar-refractivity contribution < 1.29 is 19.1 Å². The summed E-state index contributed by atoms with van der Waals surface area (Å²) >= 11 is 0. The highest BCUT2D eigenvalue weighted by Crippen LogP contribution is 2.36. The second kappa shape index (κ2) is 21.1. The zero-order valence-electron chi connectivity index (χ0n) is 42.2. The van der Waals surface area contributed by atoms with Crippen LogP contribution in [0.2, 0.25) is 0 Å². The minimum atomic E-state index is -0.499. The van der Waals surface area contributed by atoms with Crippen LogP contribution in [0.3, 0.4) is 0 Å². The molecular weight excluding hydrogens is 901 g/mol. The standard InChI is InChI=1S/C28H38N8O3.C23H30N8O/c1-28(2,3)39-27(38)35-14-12-34(13-15-35)21-10-11-23(29-18-21)31-26-30-17-19-16-22(25(37)33(4)5)36(24(19)32-26)20-8-6-7-9-20;1-29(2)22(32)19-13-16-14-26-23(28-21(16)31(19)17-5-3-4-6-17)27-20-8-7-18(15-25-20)30-11-9-24-10-12-30/h10-11,16-18,20H,6-9,12-15H2,1-5H3,(H,29,30,31,32);7-8,13-15,17,24H,3-6,9-12H2,1-2H3,(H,25,26,27,28). The van der Waals surface area contributed by atoms with Crippen LogP contribution in [-0.2, 0) is 4.74 Å². The number of carbonyl (C=O) groups is 3. The van der Waals surface area contributed by atoms with Crippen LogP contribution in [0.5, 0.6) is 0 Å². The van der Waals surface area contributed by atoms with Crippen LogP contribution in [0, 0.1) is 0 Å². The lowest BCUT2D eigenvalue weighted by atomic mass is 10.2. The average molecular weight is 969 g/mol. The number of piperazine rings is 2. The van der Waals surface area contributed by atoms with Gasteiger partial charge in [-0.1, -0.05) is 25.7 Å². The molecule has 71 heavy (non-hydrogen) atoms. The third kappa shape index (κ3) is 11.3. The summed E-state index contributed by atoms with van der Waals surface area (Å²) in [6.07, 6.45) is 15.9. The normalized spacial score (nSPS) is 16.8. The summed E-state index contributed by atoms with van der Waals surface area (Å²) in [6, 6.07) is 12.3. The molecule has 4 fully saturated rings. The van der Waals surface area contributed by atoms with Gasteiger partial charge in [-0.05, 0) is 82.9 Å². The van der Waals surface area contributed by atoms with Crippen molar-refractivity contribution >= 4 is 74.9 Å².